The lowest BCUT2D eigenvalue weighted by atomic mass is 9.92. The lowest BCUT2D eigenvalue weighted by molar-refractivity contribution is -0.119. The number of ether oxygens (including phenoxy) is 1. The molecule has 1 amide bonds. The average molecular weight is 408 g/mol. The molecule has 0 unspecified atom stereocenters. The van der Waals surface area contributed by atoms with E-state index in [2.05, 4.69) is 27.9 Å². The molecule has 0 radical (unpaired) electrons. The number of hydrogen-bond acceptors (Lipinski definition) is 4. The van der Waals surface area contributed by atoms with Crippen LogP contribution in [0.2, 0.25) is 0 Å². The SMILES string of the molecule is COC1CCC(n2c(N3CCCCC3=O)nc3cc(-c4ccnn4C)ccc32)CC1. The predicted octanol–water partition coefficient (Wildman–Crippen LogP) is 4.08. The molecule has 158 valence electrons. The summed E-state index contributed by atoms with van der Waals surface area (Å²) in [7, 11) is 3.75. The van der Waals surface area contributed by atoms with E-state index >= 15 is 0 Å². The van der Waals surface area contributed by atoms with Gasteiger partial charge in [0, 0.05) is 44.9 Å². The zero-order valence-corrected chi connectivity index (χ0v) is 17.8. The first-order valence-corrected chi connectivity index (χ1v) is 11.0. The molecule has 7 heteroatoms. The first-order valence-electron chi connectivity index (χ1n) is 11.0. The largest absolute Gasteiger partial charge is 0.381 e. The lowest BCUT2D eigenvalue weighted by Gasteiger charge is -2.33. The summed E-state index contributed by atoms with van der Waals surface area (Å²) in [5.41, 5.74) is 4.19. The molecule has 0 spiro atoms. The van der Waals surface area contributed by atoms with Crippen molar-refractivity contribution < 1.29 is 9.53 Å². The predicted molar refractivity (Wildman–Crippen MR) is 116 cm³/mol. The normalized spacial score (nSPS) is 22.7. The minimum absolute atomic E-state index is 0.190. The number of piperidine rings is 1. The van der Waals surface area contributed by atoms with E-state index in [1.165, 1.54) is 0 Å². The van der Waals surface area contributed by atoms with Gasteiger partial charge in [0.1, 0.15) is 0 Å². The Morgan fingerprint density at radius 1 is 1.10 bits per heavy atom. The van der Waals surface area contributed by atoms with Crippen LogP contribution in [-0.2, 0) is 16.6 Å². The van der Waals surface area contributed by atoms with Crippen molar-refractivity contribution in [3.05, 3.63) is 30.5 Å². The van der Waals surface area contributed by atoms with E-state index in [9.17, 15) is 4.79 Å². The number of methoxy groups -OCH3 is 1. The van der Waals surface area contributed by atoms with E-state index in [-0.39, 0.29) is 5.91 Å². The molecule has 7 nitrogen and oxygen atoms in total. The number of aryl methyl sites for hydroxylation is 1. The molecule has 2 aliphatic rings. The van der Waals surface area contributed by atoms with Crippen LogP contribution in [0.5, 0.6) is 0 Å². The third kappa shape index (κ3) is 3.31. The average Bonchev–Trinajstić information content (AvgIpc) is 3.37. The summed E-state index contributed by atoms with van der Waals surface area (Å²) in [4.78, 5) is 19.7. The van der Waals surface area contributed by atoms with Crippen molar-refractivity contribution >= 4 is 22.9 Å². The summed E-state index contributed by atoms with van der Waals surface area (Å²) in [6, 6.07) is 8.78. The number of benzene rings is 1. The molecular formula is C23H29N5O2. The van der Waals surface area contributed by atoms with Crippen molar-refractivity contribution in [3.63, 3.8) is 0 Å². The number of anilines is 1. The fourth-order valence-electron chi connectivity index (χ4n) is 5.01. The number of carbonyl (C=O) groups excluding carboxylic acids is 1. The van der Waals surface area contributed by atoms with Crippen molar-refractivity contribution in [2.24, 2.45) is 7.05 Å². The summed E-state index contributed by atoms with van der Waals surface area (Å²) in [6.45, 7) is 0.754. The third-order valence-corrected chi connectivity index (χ3v) is 6.69. The van der Waals surface area contributed by atoms with Gasteiger partial charge in [-0.05, 0) is 56.7 Å². The number of nitrogens with zero attached hydrogens (tertiary/aromatic N) is 5. The maximum absolute atomic E-state index is 12.7. The second kappa shape index (κ2) is 7.87. The van der Waals surface area contributed by atoms with Crippen LogP contribution in [0.25, 0.3) is 22.3 Å². The number of fused-ring (bicyclic) bond motifs is 1. The van der Waals surface area contributed by atoms with Crippen LogP contribution in [0, 0.1) is 0 Å². The first-order chi connectivity index (χ1) is 14.7. The number of carbonyl (C=O) groups is 1. The Hall–Kier alpha value is -2.67. The highest BCUT2D eigenvalue weighted by Crippen LogP contribution is 2.38. The van der Waals surface area contributed by atoms with Gasteiger partial charge in [0.05, 0.1) is 22.8 Å². The summed E-state index contributed by atoms with van der Waals surface area (Å²) >= 11 is 0. The summed E-state index contributed by atoms with van der Waals surface area (Å²) in [5, 5.41) is 4.29. The fraction of sp³-hybridized carbons (Fsp3) is 0.522. The molecule has 30 heavy (non-hydrogen) atoms. The van der Waals surface area contributed by atoms with Crippen molar-refractivity contribution in [3.8, 4) is 11.3 Å². The summed E-state index contributed by atoms with van der Waals surface area (Å²) in [6.07, 6.45) is 8.94. The molecule has 3 heterocycles. The van der Waals surface area contributed by atoms with Gasteiger partial charge in [-0.2, -0.15) is 5.10 Å². The van der Waals surface area contributed by atoms with Crippen LogP contribution < -0.4 is 4.90 Å². The molecule has 2 aromatic heterocycles. The molecule has 1 saturated carbocycles. The first kappa shape index (κ1) is 19.3. The van der Waals surface area contributed by atoms with Crippen molar-refractivity contribution in [1.82, 2.24) is 19.3 Å². The highest BCUT2D eigenvalue weighted by molar-refractivity contribution is 5.95. The van der Waals surface area contributed by atoms with Crippen molar-refractivity contribution in [2.75, 3.05) is 18.6 Å². The minimum atomic E-state index is 0.190. The number of imidazole rings is 1. The number of amides is 1. The molecule has 1 saturated heterocycles. The molecule has 1 aliphatic heterocycles. The maximum Gasteiger partial charge on any atom is 0.229 e. The molecule has 0 N–H and O–H groups in total. The number of aromatic nitrogens is 4. The molecule has 1 aromatic carbocycles. The van der Waals surface area contributed by atoms with Gasteiger partial charge >= 0.3 is 0 Å². The third-order valence-electron chi connectivity index (χ3n) is 6.69. The van der Waals surface area contributed by atoms with Gasteiger partial charge in [0.15, 0.2) is 0 Å². The molecule has 5 rings (SSSR count). The second-order valence-electron chi connectivity index (χ2n) is 8.49. The van der Waals surface area contributed by atoms with Gasteiger partial charge in [-0.15, -0.1) is 0 Å². The van der Waals surface area contributed by atoms with Crippen molar-refractivity contribution in [1.29, 1.82) is 0 Å². The zero-order chi connectivity index (χ0) is 20.7. The standard InChI is InChI=1S/C23H29N5O2/c1-26-20(12-13-24-26)16-6-11-21-19(15-16)25-23(27-14-4-3-5-22(27)29)28(21)17-7-9-18(30-2)10-8-17/h6,11-13,15,17-18H,3-5,7-10,14H2,1-2H3. The number of rotatable bonds is 4. The lowest BCUT2D eigenvalue weighted by Crippen LogP contribution is -2.38. The van der Waals surface area contributed by atoms with E-state index in [1.54, 1.807) is 7.11 Å². The van der Waals surface area contributed by atoms with Crippen LogP contribution in [0.1, 0.15) is 51.0 Å². The maximum atomic E-state index is 12.7. The van der Waals surface area contributed by atoms with Crippen LogP contribution in [0.3, 0.4) is 0 Å². The smallest absolute Gasteiger partial charge is 0.229 e. The highest BCUT2D eigenvalue weighted by Gasteiger charge is 2.30. The van der Waals surface area contributed by atoms with Gasteiger partial charge < -0.3 is 9.30 Å². The van der Waals surface area contributed by atoms with Crippen LogP contribution in [0.4, 0.5) is 5.95 Å². The van der Waals surface area contributed by atoms with Crippen LogP contribution >= 0.6 is 0 Å². The number of hydrogen-bond donors (Lipinski definition) is 0. The Kier molecular flexibility index (Phi) is 5.06. The Labute approximate surface area is 176 Å². The van der Waals surface area contributed by atoms with Gasteiger partial charge in [0.25, 0.3) is 0 Å². The molecule has 0 atom stereocenters. The Bertz CT molecular complexity index is 1060. The van der Waals surface area contributed by atoms with E-state index in [4.69, 9.17) is 9.72 Å². The summed E-state index contributed by atoms with van der Waals surface area (Å²) < 4.78 is 9.78. The second-order valence-corrected chi connectivity index (χ2v) is 8.49. The quantitative estimate of drug-likeness (QED) is 0.654. The Balaban J connectivity index is 1.60. The molecule has 0 bridgehead atoms. The van der Waals surface area contributed by atoms with E-state index < -0.39 is 0 Å². The molecule has 3 aromatic rings. The Morgan fingerprint density at radius 2 is 1.93 bits per heavy atom. The van der Waals surface area contributed by atoms with Crippen LogP contribution in [-0.4, -0.2) is 45.0 Å². The van der Waals surface area contributed by atoms with Crippen LogP contribution in [0.15, 0.2) is 30.5 Å². The van der Waals surface area contributed by atoms with E-state index in [0.29, 0.717) is 18.6 Å². The monoisotopic (exact) mass is 407 g/mol. The van der Waals surface area contributed by atoms with Gasteiger partial charge in [-0.1, -0.05) is 6.07 Å². The van der Waals surface area contributed by atoms with E-state index in [1.807, 2.05) is 28.9 Å². The van der Waals surface area contributed by atoms with E-state index in [0.717, 1.165) is 73.3 Å². The molecule has 1 aliphatic carbocycles. The highest BCUT2D eigenvalue weighted by atomic mass is 16.5. The fourth-order valence-corrected chi connectivity index (χ4v) is 5.01. The van der Waals surface area contributed by atoms with Crippen molar-refractivity contribution in [2.45, 2.75) is 57.1 Å². The zero-order valence-electron chi connectivity index (χ0n) is 17.8. The summed E-state index contributed by atoms with van der Waals surface area (Å²) in [5.74, 6) is 1.01. The molecule has 2 fully saturated rings. The van der Waals surface area contributed by atoms with Gasteiger partial charge in [-0.25, -0.2) is 4.98 Å². The Morgan fingerprint density at radius 3 is 2.63 bits per heavy atom. The topological polar surface area (TPSA) is 65.2 Å². The van der Waals surface area contributed by atoms with Gasteiger partial charge in [-0.3, -0.25) is 14.4 Å². The van der Waals surface area contributed by atoms with Gasteiger partial charge in [0.2, 0.25) is 11.9 Å². The molecular weight excluding hydrogens is 378 g/mol. The minimum Gasteiger partial charge on any atom is -0.381 e.